The highest BCUT2D eigenvalue weighted by Gasteiger charge is 2.24. The van der Waals surface area contributed by atoms with Crippen LogP contribution < -0.4 is 10.2 Å². The third-order valence-electron chi connectivity index (χ3n) is 12.7. The zero-order valence-corrected chi connectivity index (χ0v) is 44.1. The van der Waals surface area contributed by atoms with E-state index in [-0.39, 0.29) is 19.1 Å². The maximum atomic E-state index is 13.0. The van der Waals surface area contributed by atoms with Crippen LogP contribution in [0.4, 0.5) is 0 Å². The predicted molar refractivity (Wildman–Crippen MR) is 275 cm³/mol. The minimum Gasteiger partial charge on any atom is -0.756 e. The molecule has 0 saturated heterocycles. The number of carbonyl (C=O) groups excluding carboxylic acids is 1. The fraction of sp³-hybridized carbons (Fsp3) is 0.909. The SMILES string of the molecule is CCCCCCCCCCC/C=C\C/C=C\CCCCCCCCCC(=O)NC(COP(=O)([O-])OCC[N+](C)(C)C)C(O)CCCCCCCCCCCCCCCCCCCCC. The Kier molecular flexibility index (Phi) is 46.3. The van der Waals surface area contributed by atoms with Crippen LogP contribution in [0.15, 0.2) is 24.3 Å². The van der Waals surface area contributed by atoms with Gasteiger partial charge in [-0.2, -0.15) is 0 Å². The van der Waals surface area contributed by atoms with Crippen molar-refractivity contribution in [1.82, 2.24) is 5.32 Å². The lowest BCUT2D eigenvalue weighted by Crippen LogP contribution is -2.46. The van der Waals surface area contributed by atoms with E-state index in [2.05, 4.69) is 43.5 Å². The Hall–Kier alpha value is -1.02. The normalized spacial score (nSPS) is 14.2. The van der Waals surface area contributed by atoms with Crippen LogP contribution in [0.2, 0.25) is 0 Å². The van der Waals surface area contributed by atoms with Crippen LogP contribution >= 0.6 is 7.82 Å². The molecule has 380 valence electrons. The molecule has 9 heteroatoms. The Bertz CT molecular complexity index is 1090. The van der Waals surface area contributed by atoms with E-state index < -0.39 is 20.0 Å². The van der Waals surface area contributed by atoms with Gasteiger partial charge in [0.05, 0.1) is 39.9 Å². The second kappa shape index (κ2) is 47.1. The molecule has 0 spiro atoms. The number of unbranched alkanes of at least 4 members (excludes halogenated alkanes) is 34. The van der Waals surface area contributed by atoms with Gasteiger partial charge in [-0.25, -0.2) is 0 Å². The number of rotatable bonds is 51. The van der Waals surface area contributed by atoms with Gasteiger partial charge in [0.2, 0.25) is 5.91 Å². The number of hydrogen-bond acceptors (Lipinski definition) is 6. The number of amides is 1. The fourth-order valence-electron chi connectivity index (χ4n) is 8.31. The zero-order chi connectivity index (χ0) is 47.1. The quantitative estimate of drug-likeness (QED) is 0.0272. The average Bonchev–Trinajstić information content (AvgIpc) is 3.25. The summed E-state index contributed by atoms with van der Waals surface area (Å²) in [5.74, 6) is -0.169. The van der Waals surface area contributed by atoms with Gasteiger partial charge in [-0.3, -0.25) is 9.36 Å². The molecule has 0 aliphatic carbocycles. The van der Waals surface area contributed by atoms with Crippen LogP contribution in [0, 0.1) is 0 Å². The van der Waals surface area contributed by atoms with E-state index in [0.717, 1.165) is 51.4 Å². The van der Waals surface area contributed by atoms with E-state index in [1.807, 2.05) is 21.1 Å². The first-order valence-corrected chi connectivity index (χ1v) is 29.1. The summed E-state index contributed by atoms with van der Waals surface area (Å²) in [7, 11) is 1.31. The third kappa shape index (κ3) is 48.9. The molecule has 0 aromatic carbocycles. The lowest BCUT2D eigenvalue weighted by atomic mass is 10.0. The largest absolute Gasteiger partial charge is 0.756 e. The minimum absolute atomic E-state index is 0.0115. The fourth-order valence-corrected chi connectivity index (χ4v) is 9.03. The smallest absolute Gasteiger partial charge is 0.268 e. The van der Waals surface area contributed by atoms with Crippen LogP contribution in [-0.2, 0) is 18.4 Å². The summed E-state index contributed by atoms with van der Waals surface area (Å²) in [6, 6.07) is -0.804. The first-order valence-electron chi connectivity index (χ1n) is 27.7. The summed E-state index contributed by atoms with van der Waals surface area (Å²) in [5, 5.41) is 14.0. The maximum absolute atomic E-state index is 13.0. The van der Waals surface area contributed by atoms with E-state index in [1.54, 1.807) is 0 Å². The molecule has 3 unspecified atom stereocenters. The van der Waals surface area contributed by atoms with E-state index in [0.29, 0.717) is 23.9 Å². The van der Waals surface area contributed by atoms with Crippen molar-refractivity contribution >= 4 is 13.7 Å². The third-order valence-corrected chi connectivity index (χ3v) is 13.7. The molecule has 0 aromatic heterocycles. The number of allylic oxidation sites excluding steroid dienone is 4. The summed E-state index contributed by atoms with van der Waals surface area (Å²) >= 11 is 0. The Morgan fingerprint density at radius 3 is 1.30 bits per heavy atom. The molecule has 8 nitrogen and oxygen atoms in total. The van der Waals surface area contributed by atoms with E-state index in [4.69, 9.17) is 9.05 Å². The van der Waals surface area contributed by atoms with Crippen molar-refractivity contribution < 1.29 is 32.9 Å². The van der Waals surface area contributed by atoms with E-state index in [1.165, 1.54) is 193 Å². The topological polar surface area (TPSA) is 108 Å². The number of carbonyl (C=O) groups is 1. The van der Waals surface area contributed by atoms with Gasteiger partial charge in [0.25, 0.3) is 7.82 Å². The van der Waals surface area contributed by atoms with Crippen LogP contribution in [0.25, 0.3) is 0 Å². The molecule has 1 amide bonds. The Morgan fingerprint density at radius 1 is 0.547 bits per heavy atom. The number of phosphoric acid groups is 1. The molecule has 0 saturated carbocycles. The van der Waals surface area contributed by atoms with Crippen LogP contribution in [-0.4, -0.2) is 68.5 Å². The van der Waals surface area contributed by atoms with Gasteiger partial charge in [-0.1, -0.05) is 244 Å². The highest BCUT2D eigenvalue weighted by atomic mass is 31.2. The number of phosphoric ester groups is 1. The molecular formula is C55H109N2O6P. The van der Waals surface area contributed by atoms with Gasteiger partial charge in [-0.05, 0) is 44.9 Å². The molecule has 0 bridgehead atoms. The second-order valence-electron chi connectivity index (χ2n) is 20.3. The molecule has 0 fully saturated rings. The summed E-state index contributed by atoms with van der Waals surface area (Å²) in [4.78, 5) is 25.5. The van der Waals surface area contributed by atoms with Gasteiger partial charge >= 0.3 is 0 Å². The van der Waals surface area contributed by atoms with Crippen LogP contribution in [0.3, 0.4) is 0 Å². The van der Waals surface area contributed by atoms with Gasteiger partial charge < -0.3 is 28.8 Å². The van der Waals surface area contributed by atoms with Crippen molar-refractivity contribution in [3.8, 4) is 0 Å². The number of likely N-dealkylation sites (N-methyl/N-ethyl adjacent to an activating group) is 1. The van der Waals surface area contributed by atoms with Gasteiger partial charge in [0.1, 0.15) is 13.2 Å². The van der Waals surface area contributed by atoms with Crippen molar-refractivity contribution in [2.45, 2.75) is 283 Å². The second-order valence-corrected chi connectivity index (χ2v) is 21.7. The molecule has 0 rings (SSSR count). The maximum Gasteiger partial charge on any atom is 0.268 e. The van der Waals surface area contributed by atoms with Gasteiger partial charge in [0.15, 0.2) is 0 Å². The monoisotopic (exact) mass is 925 g/mol. The van der Waals surface area contributed by atoms with Crippen molar-refractivity contribution in [3.05, 3.63) is 24.3 Å². The first-order chi connectivity index (χ1) is 31.0. The van der Waals surface area contributed by atoms with Crippen molar-refractivity contribution in [2.75, 3.05) is 40.9 Å². The lowest BCUT2D eigenvalue weighted by Gasteiger charge is -2.30. The van der Waals surface area contributed by atoms with Gasteiger partial charge in [0, 0.05) is 6.42 Å². The molecular weight excluding hydrogens is 816 g/mol. The van der Waals surface area contributed by atoms with E-state index >= 15 is 0 Å². The molecule has 0 aromatic rings. The molecule has 0 aliphatic heterocycles. The van der Waals surface area contributed by atoms with Gasteiger partial charge in [-0.15, -0.1) is 0 Å². The minimum atomic E-state index is -4.57. The molecule has 64 heavy (non-hydrogen) atoms. The highest BCUT2D eigenvalue weighted by molar-refractivity contribution is 7.45. The van der Waals surface area contributed by atoms with Crippen molar-refractivity contribution in [3.63, 3.8) is 0 Å². The number of nitrogens with one attached hydrogen (secondary N) is 1. The van der Waals surface area contributed by atoms with Crippen molar-refractivity contribution in [2.24, 2.45) is 0 Å². The molecule has 0 radical (unpaired) electrons. The lowest BCUT2D eigenvalue weighted by molar-refractivity contribution is -0.870. The number of aliphatic hydroxyl groups excluding tert-OH is 1. The Labute approximate surface area is 398 Å². The zero-order valence-electron chi connectivity index (χ0n) is 43.3. The number of hydrogen-bond donors (Lipinski definition) is 2. The van der Waals surface area contributed by atoms with Crippen LogP contribution in [0.1, 0.15) is 271 Å². The summed E-state index contributed by atoms with van der Waals surface area (Å²) < 4.78 is 23.4. The predicted octanol–water partition coefficient (Wildman–Crippen LogP) is 15.8. The summed E-state index contributed by atoms with van der Waals surface area (Å²) in [6.07, 6.45) is 57.7. The molecule has 3 atom stereocenters. The Morgan fingerprint density at radius 2 is 0.906 bits per heavy atom. The number of aliphatic hydroxyl groups is 1. The number of quaternary nitrogens is 1. The molecule has 2 N–H and O–H groups in total. The standard InChI is InChI=1S/C55H109N2O6P/c1-6-8-10-12-14-16-18-20-22-24-26-27-28-29-31-33-35-37-39-41-43-45-47-49-55(59)56-53(52-63-64(60,61)62-51-50-57(3,4)5)54(58)48-46-44-42-40-38-36-34-32-30-25-23-21-19-17-15-13-11-9-7-2/h26-27,29,31,53-54,58H,6-25,28,30,32-52H2,1-5H3,(H-,56,59,60,61)/b27-26-,31-29-. The molecule has 0 aliphatic rings. The summed E-state index contributed by atoms with van der Waals surface area (Å²) in [5.41, 5.74) is 0. The highest BCUT2D eigenvalue weighted by Crippen LogP contribution is 2.38. The Balaban J connectivity index is 4.22. The van der Waals surface area contributed by atoms with Crippen molar-refractivity contribution in [1.29, 1.82) is 0 Å². The van der Waals surface area contributed by atoms with E-state index in [9.17, 15) is 19.4 Å². The van der Waals surface area contributed by atoms with Crippen LogP contribution in [0.5, 0.6) is 0 Å². The summed E-state index contributed by atoms with van der Waals surface area (Å²) in [6.45, 7) is 4.75. The average molecular weight is 925 g/mol. The number of nitrogens with zero attached hydrogens (tertiary/aromatic N) is 1. The molecule has 0 heterocycles. The first kappa shape index (κ1) is 63.0.